The van der Waals surface area contributed by atoms with Crippen LogP contribution in [0.4, 0.5) is 0 Å². The average molecular weight is 205 g/mol. The molecule has 0 aliphatic carbocycles. The van der Waals surface area contributed by atoms with Gasteiger partial charge >= 0.3 is 0 Å². The molecule has 0 aliphatic rings. The smallest absolute Gasteiger partial charge is 0.0317 e. The minimum Gasteiger partial charge on any atom is -0.313 e. The van der Waals surface area contributed by atoms with Crippen LogP contribution in [0.3, 0.4) is 0 Å². The lowest BCUT2D eigenvalue weighted by Gasteiger charge is -2.16. The highest BCUT2D eigenvalue weighted by molar-refractivity contribution is 5.26. The quantitative estimate of drug-likeness (QED) is 0.769. The average Bonchev–Trinajstić information content (AvgIpc) is 2.26. The Labute approximate surface area is 93.9 Å². The molecule has 0 bridgehead atoms. The Balaban J connectivity index is 2.77. The lowest BCUT2D eigenvalue weighted by molar-refractivity contribution is 0.541. The molecule has 1 aromatic rings. The summed E-state index contributed by atoms with van der Waals surface area (Å²) in [5, 5.41) is 3.37. The molecule has 0 saturated heterocycles. The summed E-state index contributed by atoms with van der Waals surface area (Å²) >= 11 is 0. The highest BCUT2D eigenvalue weighted by atomic mass is 14.9. The van der Waals surface area contributed by atoms with Gasteiger partial charge in [0.05, 0.1) is 0 Å². The van der Waals surface area contributed by atoms with E-state index in [4.69, 9.17) is 0 Å². The van der Waals surface area contributed by atoms with Crippen LogP contribution in [-0.2, 0) is 0 Å². The SMILES string of the molecule is CCCC(NC)c1ccc(C(C)C)cc1. The van der Waals surface area contributed by atoms with E-state index in [0.29, 0.717) is 12.0 Å². The van der Waals surface area contributed by atoms with Gasteiger partial charge in [0.15, 0.2) is 0 Å². The molecule has 0 aromatic heterocycles. The van der Waals surface area contributed by atoms with Crippen molar-refractivity contribution in [2.24, 2.45) is 0 Å². The third kappa shape index (κ3) is 3.35. The van der Waals surface area contributed by atoms with E-state index in [2.05, 4.69) is 50.4 Å². The van der Waals surface area contributed by atoms with Crippen molar-refractivity contribution in [3.63, 3.8) is 0 Å². The molecule has 1 N–H and O–H groups in total. The van der Waals surface area contributed by atoms with E-state index in [1.165, 1.54) is 24.0 Å². The lowest BCUT2D eigenvalue weighted by Crippen LogP contribution is -2.15. The lowest BCUT2D eigenvalue weighted by atomic mass is 9.97. The Morgan fingerprint density at radius 3 is 2.00 bits per heavy atom. The predicted octanol–water partition coefficient (Wildman–Crippen LogP) is 3.87. The second-order valence-corrected chi connectivity index (χ2v) is 4.45. The molecule has 15 heavy (non-hydrogen) atoms. The van der Waals surface area contributed by atoms with Gasteiger partial charge in [-0.25, -0.2) is 0 Å². The first-order valence-electron chi connectivity index (χ1n) is 5.96. The molecule has 1 unspecified atom stereocenters. The Kier molecular flexibility index (Phi) is 4.83. The third-order valence-electron chi connectivity index (χ3n) is 2.93. The molecule has 0 radical (unpaired) electrons. The van der Waals surface area contributed by atoms with Crippen LogP contribution >= 0.6 is 0 Å². The Morgan fingerprint density at radius 2 is 1.60 bits per heavy atom. The fraction of sp³-hybridized carbons (Fsp3) is 0.571. The Bertz CT molecular complexity index is 274. The van der Waals surface area contributed by atoms with Gasteiger partial charge in [-0.05, 0) is 30.5 Å². The number of hydrogen-bond acceptors (Lipinski definition) is 1. The first-order chi connectivity index (χ1) is 7.19. The summed E-state index contributed by atoms with van der Waals surface area (Å²) in [6.45, 7) is 6.69. The molecular formula is C14H23N. The van der Waals surface area contributed by atoms with Crippen LogP contribution in [0.2, 0.25) is 0 Å². The molecule has 1 rings (SSSR count). The third-order valence-corrected chi connectivity index (χ3v) is 2.93. The maximum atomic E-state index is 3.37. The first kappa shape index (κ1) is 12.3. The van der Waals surface area contributed by atoms with Crippen molar-refractivity contribution in [3.8, 4) is 0 Å². The van der Waals surface area contributed by atoms with Crippen molar-refractivity contribution in [2.75, 3.05) is 7.05 Å². The van der Waals surface area contributed by atoms with Crippen molar-refractivity contribution >= 4 is 0 Å². The molecule has 0 amide bonds. The fourth-order valence-corrected chi connectivity index (χ4v) is 1.88. The fourth-order valence-electron chi connectivity index (χ4n) is 1.88. The molecular weight excluding hydrogens is 182 g/mol. The number of nitrogens with one attached hydrogen (secondary N) is 1. The van der Waals surface area contributed by atoms with E-state index in [1.54, 1.807) is 0 Å². The van der Waals surface area contributed by atoms with Crippen LogP contribution in [0.5, 0.6) is 0 Å². The van der Waals surface area contributed by atoms with E-state index in [9.17, 15) is 0 Å². The zero-order valence-corrected chi connectivity index (χ0v) is 10.4. The molecule has 1 atom stereocenters. The zero-order chi connectivity index (χ0) is 11.3. The van der Waals surface area contributed by atoms with Crippen LogP contribution in [0.15, 0.2) is 24.3 Å². The van der Waals surface area contributed by atoms with E-state index < -0.39 is 0 Å². The Hall–Kier alpha value is -0.820. The van der Waals surface area contributed by atoms with Gasteiger partial charge in [0, 0.05) is 6.04 Å². The summed E-state index contributed by atoms with van der Waals surface area (Å²) in [6, 6.07) is 9.52. The minimum atomic E-state index is 0.510. The Morgan fingerprint density at radius 1 is 1.07 bits per heavy atom. The standard InChI is InChI=1S/C14H23N/c1-5-6-14(15-4)13-9-7-12(8-10-13)11(2)3/h7-11,14-15H,5-6H2,1-4H3. The molecule has 0 spiro atoms. The van der Waals surface area contributed by atoms with E-state index in [0.717, 1.165) is 0 Å². The predicted molar refractivity (Wildman–Crippen MR) is 67.2 cm³/mol. The summed E-state index contributed by atoms with van der Waals surface area (Å²) in [5.74, 6) is 0.623. The van der Waals surface area contributed by atoms with Crippen molar-refractivity contribution in [1.82, 2.24) is 5.32 Å². The van der Waals surface area contributed by atoms with Crippen molar-refractivity contribution < 1.29 is 0 Å². The molecule has 0 fully saturated rings. The summed E-state index contributed by atoms with van der Waals surface area (Å²) in [4.78, 5) is 0. The van der Waals surface area contributed by atoms with Crippen molar-refractivity contribution in [1.29, 1.82) is 0 Å². The van der Waals surface area contributed by atoms with Gasteiger partial charge in [0.25, 0.3) is 0 Å². The molecule has 0 heterocycles. The normalized spacial score (nSPS) is 13.1. The van der Waals surface area contributed by atoms with E-state index in [1.807, 2.05) is 7.05 Å². The maximum Gasteiger partial charge on any atom is 0.0317 e. The van der Waals surface area contributed by atoms with Gasteiger partial charge in [-0.2, -0.15) is 0 Å². The van der Waals surface area contributed by atoms with Crippen LogP contribution in [0.1, 0.15) is 56.7 Å². The maximum absolute atomic E-state index is 3.37. The molecule has 84 valence electrons. The number of benzene rings is 1. The minimum absolute atomic E-state index is 0.510. The van der Waals surface area contributed by atoms with Gasteiger partial charge in [0.1, 0.15) is 0 Å². The van der Waals surface area contributed by atoms with Gasteiger partial charge in [-0.3, -0.25) is 0 Å². The van der Waals surface area contributed by atoms with Crippen LogP contribution in [-0.4, -0.2) is 7.05 Å². The largest absolute Gasteiger partial charge is 0.313 e. The summed E-state index contributed by atoms with van der Waals surface area (Å²) < 4.78 is 0. The van der Waals surface area contributed by atoms with Gasteiger partial charge in [-0.1, -0.05) is 51.5 Å². The number of rotatable bonds is 5. The molecule has 0 saturated carbocycles. The second kappa shape index (κ2) is 5.92. The van der Waals surface area contributed by atoms with Crippen LogP contribution in [0.25, 0.3) is 0 Å². The van der Waals surface area contributed by atoms with Crippen LogP contribution in [0, 0.1) is 0 Å². The van der Waals surface area contributed by atoms with Gasteiger partial charge < -0.3 is 5.32 Å². The first-order valence-corrected chi connectivity index (χ1v) is 5.96. The molecule has 1 aromatic carbocycles. The topological polar surface area (TPSA) is 12.0 Å². The summed E-state index contributed by atoms with van der Waals surface area (Å²) in [6.07, 6.45) is 2.43. The van der Waals surface area contributed by atoms with Gasteiger partial charge in [0.2, 0.25) is 0 Å². The van der Waals surface area contributed by atoms with Crippen LogP contribution < -0.4 is 5.32 Å². The van der Waals surface area contributed by atoms with Gasteiger partial charge in [-0.15, -0.1) is 0 Å². The zero-order valence-electron chi connectivity index (χ0n) is 10.4. The van der Waals surface area contributed by atoms with Crippen molar-refractivity contribution in [2.45, 2.75) is 45.6 Å². The van der Waals surface area contributed by atoms with Crippen molar-refractivity contribution in [3.05, 3.63) is 35.4 Å². The molecule has 0 aliphatic heterocycles. The number of hydrogen-bond donors (Lipinski definition) is 1. The summed E-state index contributed by atoms with van der Waals surface area (Å²) in [5.41, 5.74) is 2.83. The monoisotopic (exact) mass is 205 g/mol. The highest BCUT2D eigenvalue weighted by Crippen LogP contribution is 2.21. The molecule has 1 heteroatoms. The second-order valence-electron chi connectivity index (χ2n) is 4.45. The summed E-state index contributed by atoms with van der Waals surface area (Å²) in [7, 11) is 2.04. The molecule has 1 nitrogen and oxygen atoms in total. The van der Waals surface area contributed by atoms with E-state index >= 15 is 0 Å². The van der Waals surface area contributed by atoms with E-state index in [-0.39, 0.29) is 0 Å². The highest BCUT2D eigenvalue weighted by Gasteiger charge is 2.07.